The van der Waals surface area contributed by atoms with E-state index in [0.29, 0.717) is 0 Å². The van der Waals surface area contributed by atoms with Gasteiger partial charge in [-0.05, 0) is 25.7 Å². The lowest BCUT2D eigenvalue weighted by molar-refractivity contribution is 0.0769. The first-order chi connectivity index (χ1) is 7.81. The van der Waals surface area contributed by atoms with Gasteiger partial charge in [0.1, 0.15) is 0 Å². The molecular weight excluding hydrogens is 208 g/mol. The molecule has 2 heterocycles. The molecule has 2 aliphatic heterocycles. The minimum atomic E-state index is -0.0246. The Morgan fingerprint density at radius 3 is 2.81 bits per heavy atom. The Morgan fingerprint density at radius 2 is 2.12 bits per heavy atom. The molecule has 1 atom stereocenters. The molecule has 0 aliphatic carbocycles. The summed E-state index contributed by atoms with van der Waals surface area (Å²) in [6, 6.07) is 0.226. The molecule has 2 fully saturated rings. The van der Waals surface area contributed by atoms with Crippen LogP contribution < -0.4 is 5.32 Å². The van der Waals surface area contributed by atoms with Crippen molar-refractivity contribution in [3.63, 3.8) is 0 Å². The molecule has 0 aromatic carbocycles. The van der Waals surface area contributed by atoms with Gasteiger partial charge in [-0.1, -0.05) is 0 Å². The van der Waals surface area contributed by atoms with Gasteiger partial charge in [0.15, 0.2) is 0 Å². The predicted molar refractivity (Wildman–Crippen MR) is 59.2 cm³/mol. The number of carbonyl (C=O) groups excluding carboxylic acids is 1. The summed E-state index contributed by atoms with van der Waals surface area (Å²) in [6.45, 7) is 2.30. The van der Waals surface area contributed by atoms with E-state index in [2.05, 4.69) is 5.32 Å². The predicted octanol–water partition coefficient (Wildman–Crippen LogP) is 0.332. The second-order valence-corrected chi connectivity index (χ2v) is 4.51. The monoisotopic (exact) mass is 228 g/mol. The van der Waals surface area contributed by atoms with E-state index < -0.39 is 0 Å². The van der Waals surface area contributed by atoms with E-state index in [1.54, 1.807) is 4.90 Å². The summed E-state index contributed by atoms with van der Waals surface area (Å²) in [5.74, 6) is 0. The van der Waals surface area contributed by atoms with Crippen LogP contribution in [-0.2, 0) is 4.74 Å². The standard InChI is InChI=1S/C11H20N2O3/c14-8-10-2-1-5-13(10)11(15)12-9-3-6-16-7-4-9/h9-10,14H,1-8H2,(H,12,15)/t10-/m0/s1. The van der Waals surface area contributed by atoms with Gasteiger partial charge >= 0.3 is 6.03 Å². The van der Waals surface area contributed by atoms with Crippen LogP contribution in [0.1, 0.15) is 25.7 Å². The van der Waals surface area contributed by atoms with Crippen molar-refractivity contribution in [3.8, 4) is 0 Å². The fourth-order valence-corrected chi connectivity index (χ4v) is 2.39. The summed E-state index contributed by atoms with van der Waals surface area (Å²) < 4.78 is 5.24. The van der Waals surface area contributed by atoms with Crippen LogP contribution in [0.2, 0.25) is 0 Å². The Balaban J connectivity index is 1.82. The van der Waals surface area contributed by atoms with Gasteiger partial charge in [0.05, 0.1) is 12.6 Å². The van der Waals surface area contributed by atoms with Gasteiger partial charge in [-0.15, -0.1) is 0 Å². The highest BCUT2D eigenvalue weighted by atomic mass is 16.5. The number of aliphatic hydroxyl groups excluding tert-OH is 1. The van der Waals surface area contributed by atoms with Gasteiger partial charge in [0, 0.05) is 25.8 Å². The maximum absolute atomic E-state index is 11.9. The average Bonchev–Trinajstić information content (AvgIpc) is 2.78. The highest BCUT2D eigenvalue weighted by molar-refractivity contribution is 5.75. The number of amides is 2. The highest BCUT2D eigenvalue weighted by Crippen LogP contribution is 2.17. The van der Waals surface area contributed by atoms with Crippen molar-refractivity contribution in [1.82, 2.24) is 10.2 Å². The number of nitrogens with one attached hydrogen (secondary N) is 1. The molecule has 0 unspecified atom stereocenters. The van der Waals surface area contributed by atoms with Gasteiger partial charge in [-0.3, -0.25) is 0 Å². The normalized spacial score (nSPS) is 27.1. The van der Waals surface area contributed by atoms with Crippen LogP contribution in [0.4, 0.5) is 4.79 Å². The lowest BCUT2D eigenvalue weighted by Gasteiger charge is -2.28. The van der Waals surface area contributed by atoms with Gasteiger partial charge in [0.25, 0.3) is 0 Å². The van der Waals surface area contributed by atoms with E-state index in [0.717, 1.165) is 45.4 Å². The summed E-state index contributed by atoms with van der Waals surface area (Å²) in [5.41, 5.74) is 0. The van der Waals surface area contributed by atoms with Gasteiger partial charge in [0.2, 0.25) is 0 Å². The number of rotatable bonds is 2. The van der Waals surface area contributed by atoms with Crippen molar-refractivity contribution in [2.75, 3.05) is 26.4 Å². The number of aliphatic hydroxyl groups is 1. The van der Waals surface area contributed by atoms with Crippen LogP contribution in [0.15, 0.2) is 0 Å². The third-order valence-corrected chi connectivity index (χ3v) is 3.40. The third-order valence-electron chi connectivity index (χ3n) is 3.40. The molecule has 0 saturated carbocycles. The summed E-state index contributed by atoms with van der Waals surface area (Å²) in [7, 11) is 0. The Labute approximate surface area is 95.8 Å². The number of likely N-dealkylation sites (tertiary alicyclic amines) is 1. The van der Waals surface area contributed by atoms with Crippen LogP contribution in [0.25, 0.3) is 0 Å². The van der Waals surface area contributed by atoms with Gasteiger partial charge < -0.3 is 20.1 Å². The molecule has 2 rings (SSSR count). The van der Waals surface area contributed by atoms with E-state index in [4.69, 9.17) is 9.84 Å². The summed E-state index contributed by atoms with van der Waals surface area (Å²) in [6.07, 6.45) is 3.69. The fraction of sp³-hybridized carbons (Fsp3) is 0.909. The second kappa shape index (κ2) is 5.50. The third kappa shape index (κ3) is 2.65. The molecular formula is C11H20N2O3. The summed E-state index contributed by atoms with van der Waals surface area (Å²) >= 11 is 0. The van der Waals surface area contributed by atoms with Crippen LogP contribution in [0.3, 0.4) is 0 Å². The summed E-state index contributed by atoms with van der Waals surface area (Å²) in [5, 5.41) is 12.2. The van der Waals surface area contributed by atoms with E-state index in [-0.39, 0.29) is 24.7 Å². The van der Waals surface area contributed by atoms with Crippen molar-refractivity contribution < 1.29 is 14.6 Å². The SMILES string of the molecule is O=C(NC1CCOCC1)N1CCC[C@H]1CO. The van der Waals surface area contributed by atoms with Crippen LogP contribution in [-0.4, -0.2) is 54.5 Å². The molecule has 2 saturated heterocycles. The Morgan fingerprint density at radius 1 is 1.38 bits per heavy atom. The molecule has 92 valence electrons. The molecule has 2 amide bonds. The number of nitrogens with zero attached hydrogens (tertiary/aromatic N) is 1. The first kappa shape index (κ1) is 11.7. The zero-order chi connectivity index (χ0) is 11.4. The topological polar surface area (TPSA) is 61.8 Å². The minimum absolute atomic E-state index is 0.0137. The minimum Gasteiger partial charge on any atom is -0.394 e. The molecule has 0 spiro atoms. The Kier molecular flexibility index (Phi) is 4.01. The summed E-state index contributed by atoms with van der Waals surface area (Å²) in [4.78, 5) is 13.7. The molecule has 16 heavy (non-hydrogen) atoms. The lowest BCUT2D eigenvalue weighted by atomic mass is 10.1. The average molecular weight is 228 g/mol. The van der Waals surface area contributed by atoms with Gasteiger partial charge in [-0.25, -0.2) is 4.79 Å². The molecule has 0 radical (unpaired) electrons. The molecule has 0 bridgehead atoms. The first-order valence-corrected chi connectivity index (χ1v) is 6.07. The van der Waals surface area contributed by atoms with Crippen molar-refractivity contribution in [1.29, 1.82) is 0 Å². The quantitative estimate of drug-likeness (QED) is 0.716. The van der Waals surface area contributed by atoms with Crippen molar-refractivity contribution >= 4 is 6.03 Å². The van der Waals surface area contributed by atoms with Crippen LogP contribution in [0, 0.1) is 0 Å². The number of carbonyl (C=O) groups is 1. The van der Waals surface area contributed by atoms with Crippen molar-refractivity contribution in [3.05, 3.63) is 0 Å². The van der Waals surface area contributed by atoms with E-state index >= 15 is 0 Å². The first-order valence-electron chi connectivity index (χ1n) is 6.07. The lowest BCUT2D eigenvalue weighted by Crippen LogP contribution is -2.49. The van der Waals surface area contributed by atoms with E-state index in [1.165, 1.54) is 0 Å². The highest BCUT2D eigenvalue weighted by Gasteiger charge is 2.29. The maximum Gasteiger partial charge on any atom is 0.317 e. The van der Waals surface area contributed by atoms with Crippen LogP contribution in [0.5, 0.6) is 0 Å². The molecule has 5 nitrogen and oxygen atoms in total. The molecule has 0 aromatic rings. The number of hydrogen-bond donors (Lipinski definition) is 2. The number of ether oxygens (including phenoxy) is 1. The largest absolute Gasteiger partial charge is 0.394 e. The second-order valence-electron chi connectivity index (χ2n) is 4.51. The maximum atomic E-state index is 11.9. The zero-order valence-electron chi connectivity index (χ0n) is 9.52. The smallest absolute Gasteiger partial charge is 0.317 e. The van der Waals surface area contributed by atoms with Crippen LogP contribution >= 0.6 is 0 Å². The zero-order valence-corrected chi connectivity index (χ0v) is 9.52. The Hall–Kier alpha value is -0.810. The van der Waals surface area contributed by atoms with Gasteiger partial charge in [-0.2, -0.15) is 0 Å². The Bertz CT molecular complexity index is 241. The number of hydrogen-bond acceptors (Lipinski definition) is 3. The van der Waals surface area contributed by atoms with E-state index in [1.807, 2.05) is 0 Å². The molecule has 2 aliphatic rings. The number of urea groups is 1. The molecule has 2 N–H and O–H groups in total. The van der Waals surface area contributed by atoms with E-state index in [9.17, 15) is 4.79 Å². The van der Waals surface area contributed by atoms with Crippen molar-refractivity contribution in [2.45, 2.75) is 37.8 Å². The molecule has 5 heteroatoms. The molecule has 0 aromatic heterocycles. The fourth-order valence-electron chi connectivity index (χ4n) is 2.39. The van der Waals surface area contributed by atoms with Crippen molar-refractivity contribution in [2.24, 2.45) is 0 Å².